The lowest BCUT2D eigenvalue weighted by molar-refractivity contribution is 0.170. The summed E-state index contributed by atoms with van der Waals surface area (Å²) in [5.74, 6) is 0.202. The summed E-state index contributed by atoms with van der Waals surface area (Å²) >= 11 is 0. The fraction of sp³-hybridized carbons (Fsp3) is 0.900. The standard InChI is InChI=1S/C10H18N2O3S/c1-2-10(7-11)16(14,15)12-5-3-9(8-13)4-6-12/h9-10,13H,2-6,8H2,1H3. The van der Waals surface area contributed by atoms with Crippen LogP contribution in [0.5, 0.6) is 0 Å². The van der Waals surface area contributed by atoms with Gasteiger partial charge in [-0.3, -0.25) is 0 Å². The van der Waals surface area contributed by atoms with E-state index in [1.807, 2.05) is 6.07 Å². The SMILES string of the molecule is CCC(C#N)S(=O)(=O)N1CCC(CO)CC1. The van der Waals surface area contributed by atoms with Gasteiger partial charge in [0.05, 0.1) is 6.07 Å². The van der Waals surface area contributed by atoms with Crippen LogP contribution < -0.4 is 0 Å². The van der Waals surface area contributed by atoms with Crippen LogP contribution in [0.25, 0.3) is 0 Å². The lowest BCUT2D eigenvalue weighted by Crippen LogP contribution is -2.43. The summed E-state index contributed by atoms with van der Waals surface area (Å²) in [7, 11) is -3.47. The normalized spacial score (nSPS) is 21.6. The second kappa shape index (κ2) is 5.62. The molecule has 1 atom stereocenters. The van der Waals surface area contributed by atoms with E-state index < -0.39 is 15.3 Å². The number of rotatable bonds is 4. The summed E-state index contributed by atoms with van der Waals surface area (Å²) in [6.07, 6.45) is 1.67. The first kappa shape index (κ1) is 13.4. The fourth-order valence-corrected chi connectivity index (χ4v) is 3.53. The van der Waals surface area contributed by atoms with E-state index in [1.165, 1.54) is 4.31 Å². The van der Waals surface area contributed by atoms with Gasteiger partial charge in [-0.15, -0.1) is 0 Å². The van der Waals surface area contributed by atoms with Crippen molar-refractivity contribution in [3.63, 3.8) is 0 Å². The molecular formula is C10H18N2O3S. The van der Waals surface area contributed by atoms with Gasteiger partial charge in [0.25, 0.3) is 0 Å². The smallest absolute Gasteiger partial charge is 0.230 e. The molecule has 0 spiro atoms. The van der Waals surface area contributed by atoms with Crippen molar-refractivity contribution < 1.29 is 13.5 Å². The van der Waals surface area contributed by atoms with Gasteiger partial charge in [0.1, 0.15) is 0 Å². The quantitative estimate of drug-likeness (QED) is 0.774. The molecule has 0 bridgehead atoms. The van der Waals surface area contributed by atoms with Crippen molar-refractivity contribution >= 4 is 10.0 Å². The van der Waals surface area contributed by atoms with Gasteiger partial charge < -0.3 is 5.11 Å². The van der Waals surface area contributed by atoms with E-state index in [4.69, 9.17) is 10.4 Å². The number of piperidine rings is 1. The van der Waals surface area contributed by atoms with Crippen molar-refractivity contribution in [2.24, 2.45) is 5.92 Å². The maximum absolute atomic E-state index is 12.0. The van der Waals surface area contributed by atoms with Crippen LogP contribution in [-0.4, -0.2) is 42.8 Å². The molecule has 1 rings (SSSR count). The lowest BCUT2D eigenvalue weighted by atomic mass is 10.00. The molecule has 1 aliphatic heterocycles. The summed E-state index contributed by atoms with van der Waals surface area (Å²) < 4.78 is 25.4. The molecule has 5 nitrogen and oxygen atoms in total. The van der Waals surface area contributed by atoms with E-state index in [-0.39, 0.29) is 12.5 Å². The Morgan fingerprint density at radius 1 is 1.50 bits per heavy atom. The third kappa shape index (κ3) is 2.73. The molecule has 6 heteroatoms. The monoisotopic (exact) mass is 246 g/mol. The molecule has 16 heavy (non-hydrogen) atoms. The zero-order valence-electron chi connectivity index (χ0n) is 9.46. The van der Waals surface area contributed by atoms with Crippen molar-refractivity contribution in [3.05, 3.63) is 0 Å². The molecule has 0 saturated carbocycles. The minimum absolute atomic E-state index is 0.114. The molecule has 0 aliphatic carbocycles. The number of nitrogens with zero attached hydrogens (tertiary/aromatic N) is 2. The topological polar surface area (TPSA) is 81.4 Å². The first-order valence-corrected chi connectivity index (χ1v) is 7.06. The maximum Gasteiger partial charge on any atom is 0.230 e. The van der Waals surface area contributed by atoms with Gasteiger partial charge in [0.15, 0.2) is 5.25 Å². The third-order valence-electron chi connectivity index (χ3n) is 3.07. The molecule has 1 N–H and O–H groups in total. The molecule has 1 aliphatic rings. The molecule has 0 aromatic rings. The Kier molecular flexibility index (Phi) is 4.71. The molecule has 92 valence electrons. The average Bonchev–Trinajstić information content (AvgIpc) is 2.30. The second-order valence-electron chi connectivity index (χ2n) is 4.10. The molecular weight excluding hydrogens is 228 g/mol. The number of nitriles is 1. The Balaban J connectivity index is 2.69. The van der Waals surface area contributed by atoms with Gasteiger partial charge >= 0.3 is 0 Å². The Hall–Kier alpha value is -0.640. The molecule has 0 amide bonds. The van der Waals surface area contributed by atoms with Crippen molar-refractivity contribution in [3.8, 4) is 6.07 Å². The van der Waals surface area contributed by atoms with Crippen LogP contribution in [-0.2, 0) is 10.0 Å². The summed E-state index contributed by atoms with van der Waals surface area (Å²) in [4.78, 5) is 0. The van der Waals surface area contributed by atoms with Crippen LogP contribution in [0.15, 0.2) is 0 Å². The number of hydrogen-bond acceptors (Lipinski definition) is 4. The van der Waals surface area contributed by atoms with Crippen LogP contribution >= 0.6 is 0 Å². The van der Waals surface area contributed by atoms with E-state index in [2.05, 4.69) is 0 Å². The van der Waals surface area contributed by atoms with Crippen LogP contribution in [0.1, 0.15) is 26.2 Å². The number of hydrogen-bond donors (Lipinski definition) is 1. The number of aliphatic hydroxyl groups excluding tert-OH is 1. The summed E-state index contributed by atoms with van der Waals surface area (Å²) in [5.41, 5.74) is 0. The molecule has 0 aromatic carbocycles. The fourth-order valence-electron chi connectivity index (χ4n) is 1.89. The van der Waals surface area contributed by atoms with Crippen LogP contribution in [0.2, 0.25) is 0 Å². The van der Waals surface area contributed by atoms with Crippen molar-refractivity contribution in [1.29, 1.82) is 5.26 Å². The zero-order chi connectivity index (χ0) is 12.2. The first-order chi connectivity index (χ1) is 7.56. The average molecular weight is 246 g/mol. The molecule has 0 aromatic heterocycles. The largest absolute Gasteiger partial charge is 0.396 e. The summed E-state index contributed by atoms with van der Waals surface area (Å²) in [6.45, 7) is 2.66. The Morgan fingerprint density at radius 3 is 2.44 bits per heavy atom. The highest BCUT2D eigenvalue weighted by Gasteiger charge is 2.33. The maximum atomic E-state index is 12.0. The predicted octanol–water partition coefficient (Wildman–Crippen LogP) is 0.323. The zero-order valence-corrected chi connectivity index (χ0v) is 10.3. The molecule has 1 saturated heterocycles. The van der Waals surface area contributed by atoms with Gasteiger partial charge in [-0.2, -0.15) is 5.26 Å². The summed E-state index contributed by atoms with van der Waals surface area (Å²) in [5, 5.41) is 16.8. The van der Waals surface area contributed by atoms with Gasteiger partial charge in [-0.1, -0.05) is 6.92 Å². The highest BCUT2D eigenvalue weighted by molar-refractivity contribution is 7.90. The third-order valence-corrected chi connectivity index (χ3v) is 5.31. The minimum Gasteiger partial charge on any atom is -0.396 e. The van der Waals surface area contributed by atoms with Crippen molar-refractivity contribution in [2.45, 2.75) is 31.4 Å². The van der Waals surface area contributed by atoms with Crippen molar-refractivity contribution in [1.82, 2.24) is 4.31 Å². The van der Waals surface area contributed by atoms with Gasteiger partial charge in [0.2, 0.25) is 10.0 Å². The molecule has 1 heterocycles. The van der Waals surface area contributed by atoms with E-state index in [0.717, 1.165) is 0 Å². The van der Waals surface area contributed by atoms with Crippen LogP contribution in [0, 0.1) is 17.2 Å². The lowest BCUT2D eigenvalue weighted by Gasteiger charge is -2.31. The minimum atomic E-state index is -3.47. The molecule has 1 fully saturated rings. The highest BCUT2D eigenvalue weighted by Crippen LogP contribution is 2.21. The van der Waals surface area contributed by atoms with Gasteiger partial charge in [0, 0.05) is 19.7 Å². The Bertz CT molecular complexity index is 353. The number of sulfonamides is 1. The second-order valence-corrected chi connectivity index (χ2v) is 6.21. The van der Waals surface area contributed by atoms with Gasteiger partial charge in [-0.05, 0) is 25.2 Å². The van der Waals surface area contributed by atoms with Crippen LogP contribution in [0.3, 0.4) is 0 Å². The first-order valence-electron chi connectivity index (χ1n) is 5.55. The molecule has 0 radical (unpaired) electrons. The Morgan fingerprint density at radius 2 is 2.06 bits per heavy atom. The molecule has 1 unspecified atom stereocenters. The predicted molar refractivity (Wildman–Crippen MR) is 60.0 cm³/mol. The van der Waals surface area contributed by atoms with Crippen LogP contribution in [0.4, 0.5) is 0 Å². The summed E-state index contributed by atoms with van der Waals surface area (Å²) in [6, 6.07) is 1.84. The van der Waals surface area contributed by atoms with Gasteiger partial charge in [-0.25, -0.2) is 12.7 Å². The van der Waals surface area contributed by atoms with Crippen molar-refractivity contribution in [2.75, 3.05) is 19.7 Å². The Labute approximate surface area is 96.7 Å². The van der Waals surface area contributed by atoms with E-state index >= 15 is 0 Å². The highest BCUT2D eigenvalue weighted by atomic mass is 32.2. The van der Waals surface area contributed by atoms with E-state index in [1.54, 1.807) is 6.92 Å². The number of aliphatic hydroxyl groups is 1. The van der Waals surface area contributed by atoms with E-state index in [0.29, 0.717) is 32.4 Å². The van der Waals surface area contributed by atoms with E-state index in [9.17, 15) is 8.42 Å².